The molecule has 4 nitrogen and oxygen atoms in total. The molecule has 0 aliphatic carbocycles. The Balaban J connectivity index is 2.87. The van der Waals surface area contributed by atoms with E-state index in [1.165, 1.54) is 6.07 Å². The molecule has 0 fully saturated rings. The lowest BCUT2D eigenvalue weighted by atomic mass is 10.2. The Bertz CT molecular complexity index is 359. The van der Waals surface area contributed by atoms with Crippen molar-refractivity contribution in [1.29, 1.82) is 5.26 Å². The highest BCUT2D eigenvalue weighted by molar-refractivity contribution is 5.46. The number of nitriles is 1. The van der Waals surface area contributed by atoms with Crippen LogP contribution in [-0.2, 0) is 11.3 Å². The summed E-state index contributed by atoms with van der Waals surface area (Å²) in [5, 5.41) is 10.8. The van der Waals surface area contributed by atoms with E-state index in [2.05, 4.69) is 10.3 Å². The Morgan fingerprint density at radius 2 is 2.54 bits per heavy atom. The normalized spacial score (nSPS) is 8.92. The fourth-order valence-electron chi connectivity index (χ4n) is 0.811. The van der Waals surface area contributed by atoms with Crippen molar-refractivity contribution in [2.75, 3.05) is 0 Å². The van der Waals surface area contributed by atoms with E-state index in [0.29, 0.717) is 12.1 Å². The molecule has 0 bridgehead atoms. The maximum absolute atomic E-state index is 12.7. The lowest BCUT2D eigenvalue weighted by Crippen LogP contribution is -2.11. The molecule has 1 rings (SSSR count). The second-order valence-corrected chi connectivity index (χ2v) is 2.27. The second kappa shape index (κ2) is 4.16. The monoisotopic (exact) mass is 179 g/mol. The first-order valence-corrected chi connectivity index (χ1v) is 3.49. The third kappa shape index (κ3) is 2.24. The van der Waals surface area contributed by atoms with Gasteiger partial charge in [-0.3, -0.25) is 9.78 Å². The van der Waals surface area contributed by atoms with Crippen molar-refractivity contribution in [3.05, 3.63) is 29.3 Å². The van der Waals surface area contributed by atoms with Crippen LogP contribution in [0.2, 0.25) is 0 Å². The molecular formula is C8H6FN3O. The van der Waals surface area contributed by atoms with Gasteiger partial charge in [-0.15, -0.1) is 0 Å². The van der Waals surface area contributed by atoms with Crippen LogP contribution in [0, 0.1) is 17.1 Å². The summed E-state index contributed by atoms with van der Waals surface area (Å²) in [5.74, 6) is -0.655. The zero-order valence-electron chi connectivity index (χ0n) is 6.62. The van der Waals surface area contributed by atoms with Crippen molar-refractivity contribution in [2.45, 2.75) is 6.54 Å². The smallest absolute Gasteiger partial charge is 0.207 e. The van der Waals surface area contributed by atoms with Crippen LogP contribution in [0.25, 0.3) is 0 Å². The van der Waals surface area contributed by atoms with Gasteiger partial charge in [0.25, 0.3) is 0 Å². The average Bonchev–Trinajstić information content (AvgIpc) is 2.16. The first kappa shape index (κ1) is 9.13. The molecule has 0 aromatic carbocycles. The first-order chi connectivity index (χ1) is 6.27. The van der Waals surface area contributed by atoms with Crippen molar-refractivity contribution >= 4 is 6.41 Å². The molecule has 13 heavy (non-hydrogen) atoms. The van der Waals surface area contributed by atoms with E-state index in [1.54, 1.807) is 6.07 Å². The predicted molar refractivity (Wildman–Crippen MR) is 41.8 cm³/mol. The summed E-state index contributed by atoms with van der Waals surface area (Å²) < 4.78 is 12.7. The van der Waals surface area contributed by atoms with E-state index in [4.69, 9.17) is 5.26 Å². The Kier molecular flexibility index (Phi) is 2.92. The minimum Gasteiger partial charge on any atom is -0.353 e. The molecule has 0 aliphatic heterocycles. The average molecular weight is 179 g/mol. The number of hydrogen-bond donors (Lipinski definition) is 1. The molecule has 1 aromatic rings. The molecule has 0 radical (unpaired) electrons. The summed E-state index contributed by atoms with van der Waals surface area (Å²) in [6, 6.07) is 2.98. The van der Waals surface area contributed by atoms with E-state index >= 15 is 0 Å². The summed E-state index contributed by atoms with van der Waals surface area (Å²) in [4.78, 5) is 13.6. The standard InChI is InChI=1S/C8H6FN3O/c9-8-4-12-7(3-11-5-13)1-6(8)2-10/h1,4-5H,3H2,(H,11,13). The Morgan fingerprint density at radius 1 is 1.77 bits per heavy atom. The van der Waals surface area contributed by atoms with E-state index in [-0.39, 0.29) is 12.1 Å². The summed E-state index contributed by atoms with van der Waals surface area (Å²) in [7, 11) is 0. The fourth-order valence-corrected chi connectivity index (χ4v) is 0.811. The van der Waals surface area contributed by atoms with Gasteiger partial charge in [0.15, 0.2) is 5.82 Å². The third-order valence-electron chi connectivity index (χ3n) is 1.40. The molecule has 1 amide bonds. The summed E-state index contributed by atoms with van der Waals surface area (Å²) in [6.45, 7) is 0.193. The summed E-state index contributed by atoms with van der Waals surface area (Å²) in [5.41, 5.74) is 0.378. The van der Waals surface area contributed by atoms with Gasteiger partial charge in [-0.2, -0.15) is 5.26 Å². The number of nitrogens with one attached hydrogen (secondary N) is 1. The lowest BCUT2D eigenvalue weighted by molar-refractivity contribution is -0.109. The van der Waals surface area contributed by atoms with Crippen molar-refractivity contribution < 1.29 is 9.18 Å². The van der Waals surface area contributed by atoms with Crippen molar-refractivity contribution in [2.24, 2.45) is 0 Å². The van der Waals surface area contributed by atoms with Crippen LogP contribution >= 0.6 is 0 Å². The molecule has 0 aliphatic rings. The first-order valence-electron chi connectivity index (χ1n) is 3.49. The van der Waals surface area contributed by atoms with Gasteiger partial charge in [0, 0.05) is 0 Å². The molecule has 1 aromatic heterocycles. The number of pyridine rings is 1. The molecule has 66 valence electrons. The molecular weight excluding hydrogens is 173 g/mol. The van der Waals surface area contributed by atoms with Crippen molar-refractivity contribution in [3.8, 4) is 6.07 Å². The topological polar surface area (TPSA) is 65.8 Å². The van der Waals surface area contributed by atoms with Gasteiger partial charge < -0.3 is 5.32 Å². The Hall–Kier alpha value is -1.96. The largest absolute Gasteiger partial charge is 0.353 e. The van der Waals surface area contributed by atoms with Crippen LogP contribution in [0.1, 0.15) is 11.3 Å². The number of amides is 1. The molecule has 1 N–H and O–H groups in total. The van der Waals surface area contributed by atoms with Crippen molar-refractivity contribution in [3.63, 3.8) is 0 Å². The van der Waals surface area contributed by atoms with E-state index in [1.807, 2.05) is 0 Å². The number of carbonyl (C=O) groups is 1. The van der Waals surface area contributed by atoms with Gasteiger partial charge in [-0.1, -0.05) is 0 Å². The van der Waals surface area contributed by atoms with Crippen LogP contribution in [0.4, 0.5) is 4.39 Å². The number of rotatable bonds is 3. The van der Waals surface area contributed by atoms with Gasteiger partial charge >= 0.3 is 0 Å². The zero-order chi connectivity index (χ0) is 9.68. The quantitative estimate of drug-likeness (QED) is 0.680. The minimum atomic E-state index is -0.655. The molecule has 0 atom stereocenters. The van der Waals surface area contributed by atoms with Crippen LogP contribution in [-0.4, -0.2) is 11.4 Å². The van der Waals surface area contributed by atoms with E-state index in [9.17, 15) is 9.18 Å². The fraction of sp³-hybridized carbons (Fsp3) is 0.125. The van der Waals surface area contributed by atoms with Crippen LogP contribution in [0.5, 0.6) is 0 Å². The summed E-state index contributed by atoms with van der Waals surface area (Å²) >= 11 is 0. The lowest BCUT2D eigenvalue weighted by Gasteiger charge is -1.99. The van der Waals surface area contributed by atoms with Gasteiger partial charge in [-0.25, -0.2) is 4.39 Å². The van der Waals surface area contributed by atoms with E-state index < -0.39 is 5.82 Å². The molecule has 0 unspecified atom stereocenters. The van der Waals surface area contributed by atoms with Crippen LogP contribution in [0.3, 0.4) is 0 Å². The third-order valence-corrected chi connectivity index (χ3v) is 1.40. The molecule has 0 saturated carbocycles. The van der Waals surface area contributed by atoms with Gasteiger partial charge in [-0.05, 0) is 6.07 Å². The van der Waals surface area contributed by atoms with Crippen LogP contribution in [0.15, 0.2) is 12.3 Å². The molecule has 5 heteroatoms. The highest BCUT2D eigenvalue weighted by atomic mass is 19.1. The molecule has 0 spiro atoms. The van der Waals surface area contributed by atoms with Gasteiger partial charge in [0.1, 0.15) is 6.07 Å². The van der Waals surface area contributed by atoms with Crippen LogP contribution < -0.4 is 5.32 Å². The van der Waals surface area contributed by atoms with Gasteiger partial charge in [0.2, 0.25) is 6.41 Å². The minimum absolute atomic E-state index is 0.0716. The van der Waals surface area contributed by atoms with Crippen molar-refractivity contribution in [1.82, 2.24) is 10.3 Å². The second-order valence-electron chi connectivity index (χ2n) is 2.27. The number of halogens is 1. The van der Waals surface area contributed by atoms with Gasteiger partial charge in [0.05, 0.1) is 24.0 Å². The molecule has 1 heterocycles. The SMILES string of the molecule is N#Cc1cc(CNC=O)ncc1F. The zero-order valence-corrected chi connectivity index (χ0v) is 6.62. The predicted octanol–water partition coefficient (Wildman–Crippen LogP) is 0.338. The Labute approximate surface area is 74.0 Å². The summed E-state index contributed by atoms with van der Waals surface area (Å²) in [6.07, 6.45) is 1.47. The maximum Gasteiger partial charge on any atom is 0.207 e. The highest BCUT2D eigenvalue weighted by Crippen LogP contribution is 2.05. The highest BCUT2D eigenvalue weighted by Gasteiger charge is 2.02. The number of aromatic nitrogens is 1. The Morgan fingerprint density at radius 3 is 3.15 bits per heavy atom. The number of nitrogens with zero attached hydrogens (tertiary/aromatic N) is 2. The number of hydrogen-bond acceptors (Lipinski definition) is 3. The molecule has 0 saturated heterocycles. The number of carbonyl (C=O) groups excluding carboxylic acids is 1. The van der Waals surface area contributed by atoms with E-state index in [0.717, 1.165) is 6.20 Å². The maximum atomic E-state index is 12.7.